The van der Waals surface area contributed by atoms with E-state index in [1.54, 1.807) is 6.07 Å². The monoisotopic (exact) mass is 377 g/mol. The molecule has 6 nitrogen and oxygen atoms in total. The molecule has 0 unspecified atom stereocenters. The van der Waals surface area contributed by atoms with Crippen LogP contribution < -0.4 is 4.74 Å². The highest BCUT2D eigenvalue weighted by Gasteiger charge is 2.47. The third-order valence-electron chi connectivity index (χ3n) is 3.62. The van der Waals surface area contributed by atoms with Crippen LogP contribution in [0.1, 0.15) is 29.6 Å². The lowest BCUT2D eigenvalue weighted by atomic mass is 10.1. The van der Waals surface area contributed by atoms with Crippen LogP contribution in [0.3, 0.4) is 0 Å². The van der Waals surface area contributed by atoms with Gasteiger partial charge >= 0.3 is 6.36 Å². The number of nitrogens with zero attached hydrogens (tertiary/aromatic N) is 3. The molecule has 1 aliphatic heterocycles. The summed E-state index contributed by atoms with van der Waals surface area (Å²) in [5.41, 5.74) is -0.436. The Morgan fingerprint density at radius 2 is 2.08 bits per heavy atom. The van der Waals surface area contributed by atoms with Gasteiger partial charge in [0.05, 0.1) is 24.4 Å². The number of hydrogen-bond donors (Lipinski definition) is 0. The largest absolute Gasteiger partial charge is 0.573 e. The van der Waals surface area contributed by atoms with Gasteiger partial charge in [0.2, 0.25) is 5.91 Å². The summed E-state index contributed by atoms with van der Waals surface area (Å²) >= 11 is 0. The van der Waals surface area contributed by atoms with Gasteiger partial charge in [-0.15, -0.1) is 13.2 Å². The molecular formula is C15H12F5N3O3. The predicted molar refractivity (Wildman–Crippen MR) is 75.2 cm³/mol. The fraction of sp³-hybridized carbons (Fsp3) is 0.467. The van der Waals surface area contributed by atoms with Crippen molar-refractivity contribution in [1.82, 2.24) is 9.88 Å². The zero-order valence-corrected chi connectivity index (χ0v) is 13.1. The number of pyridine rings is 1. The van der Waals surface area contributed by atoms with Gasteiger partial charge in [-0.2, -0.15) is 5.26 Å². The number of amides is 1. The van der Waals surface area contributed by atoms with Crippen molar-refractivity contribution in [2.45, 2.75) is 37.6 Å². The Bertz CT molecular complexity index is 745. The van der Waals surface area contributed by atoms with Crippen LogP contribution in [0.5, 0.6) is 5.75 Å². The summed E-state index contributed by atoms with van der Waals surface area (Å²) in [5.74, 6) is -5.72. The summed E-state index contributed by atoms with van der Waals surface area (Å²) < 4.78 is 67.4. The molecule has 1 aromatic rings. The maximum absolute atomic E-state index is 13.3. The van der Waals surface area contributed by atoms with E-state index in [0.29, 0.717) is 11.1 Å². The summed E-state index contributed by atoms with van der Waals surface area (Å²) in [6.07, 6.45) is -5.11. The minimum atomic E-state index is -5.03. The Morgan fingerprint density at radius 1 is 1.38 bits per heavy atom. The number of ketones is 1. The molecule has 0 saturated carbocycles. The Kier molecular flexibility index (Phi) is 5.44. The molecule has 1 aromatic heterocycles. The molecular weight excluding hydrogens is 365 g/mol. The first-order chi connectivity index (χ1) is 12.0. The van der Waals surface area contributed by atoms with Crippen LogP contribution in [0.15, 0.2) is 18.5 Å². The minimum Gasteiger partial charge on any atom is -0.403 e. The fourth-order valence-electron chi connectivity index (χ4n) is 2.51. The highest BCUT2D eigenvalue weighted by atomic mass is 19.4. The van der Waals surface area contributed by atoms with Crippen molar-refractivity contribution in [3.8, 4) is 11.8 Å². The van der Waals surface area contributed by atoms with E-state index >= 15 is 0 Å². The lowest BCUT2D eigenvalue weighted by Gasteiger charge is -2.19. The van der Waals surface area contributed by atoms with E-state index in [-0.39, 0.29) is 0 Å². The van der Waals surface area contributed by atoms with E-state index in [2.05, 4.69) is 9.72 Å². The number of carbonyl (C=O) groups excluding carboxylic acids is 2. The van der Waals surface area contributed by atoms with Gasteiger partial charge in [-0.3, -0.25) is 14.6 Å². The quantitative estimate of drug-likeness (QED) is 0.582. The standard InChI is InChI=1S/C15H12F5N3O3/c16-14(17)5-9(6-21)23(8-14)13(25)2-1-11(24)10-3-4-22-7-12(10)26-15(18,19)20/h3-4,7,9H,1-2,5,8H2/t9-/m0/s1. The maximum Gasteiger partial charge on any atom is 0.573 e. The van der Waals surface area contributed by atoms with Crippen molar-refractivity contribution in [3.05, 3.63) is 24.0 Å². The molecule has 0 aliphatic carbocycles. The highest BCUT2D eigenvalue weighted by molar-refractivity contribution is 6.00. The number of rotatable bonds is 5. The van der Waals surface area contributed by atoms with Gasteiger partial charge in [-0.1, -0.05) is 0 Å². The molecule has 1 aliphatic rings. The second kappa shape index (κ2) is 7.23. The summed E-state index contributed by atoms with van der Waals surface area (Å²) in [5, 5.41) is 8.84. The number of Topliss-reactive ketones (excluding diaryl/α,β-unsaturated/α-hetero) is 1. The number of alkyl halides is 5. The van der Waals surface area contributed by atoms with Crippen LogP contribution in [-0.2, 0) is 4.79 Å². The number of likely N-dealkylation sites (tertiary alicyclic amines) is 1. The van der Waals surface area contributed by atoms with Crippen LogP contribution in [0.25, 0.3) is 0 Å². The number of carbonyl (C=O) groups is 2. The summed E-state index contributed by atoms with van der Waals surface area (Å²) in [6.45, 7) is -0.935. The number of ether oxygens (including phenoxy) is 1. The molecule has 0 aromatic carbocycles. The first-order valence-corrected chi connectivity index (χ1v) is 7.32. The van der Waals surface area contributed by atoms with E-state index in [9.17, 15) is 31.5 Å². The minimum absolute atomic E-state index is 0.436. The lowest BCUT2D eigenvalue weighted by Crippen LogP contribution is -2.36. The molecule has 140 valence electrons. The lowest BCUT2D eigenvalue weighted by molar-refractivity contribution is -0.274. The summed E-state index contributed by atoms with van der Waals surface area (Å²) in [6, 6.07) is 1.28. The van der Waals surface area contributed by atoms with Crippen molar-refractivity contribution < 1.29 is 36.3 Å². The topological polar surface area (TPSA) is 83.3 Å². The van der Waals surface area contributed by atoms with E-state index in [0.717, 1.165) is 12.3 Å². The molecule has 0 radical (unpaired) electrons. The van der Waals surface area contributed by atoms with Crippen molar-refractivity contribution in [2.24, 2.45) is 0 Å². The van der Waals surface area contributed by atoms with Gasteiger partial charge in [0.15, 0.2) is 11.5 Å². The summed E-state index contributed by atoms with van der Waals surface area (Å²) in [7, 11) is 0. The highest BCUT2D eigenvalue weighted by Crippen LogP contribution is 2.32. The van der Waals surface area contributed by atoms with Crippen molar-refractivity contribution in [1.29, 1.82) is 5.26 Å². The molecule has 0 spiro atoms. The first-order valence-electron chi connectivity index (χ1n) is 7.32. The third kappa shape index (κ3) is 4.87. The van der Waals surface area contributed by atoms with Crippen molar-refractivity contribution in [3.63, 3.8) is 0 Å². The van der Waals surface area contributed by atoms with E-state index in [1.165, 1.54) is 0 Å². The third-order valence-corrected chi connectivity index (χ3v) is 3.62. The summed E-state index contributed by atoms with van der Waals surface area (Å²) in [4.78, 5) is 28.2. The van der Waals surface area contributed by atoms with Crippen molar-refractivity contribution in [2.75, 3.05) is 6.54 Å². The molecule has 0 bridgehead atoms. The Hall–Kier alpha value is -2.77. The molecule has 11 heteroatoms. The second-order valence-corrected chi connectivity index (χ2v) is 5.57. The van der Waals surface area contributed by atoms with Gasteiger partial charge < -0.3 is 9.64 Å². The molecule has 1 saturated heterocycles. The normalized spacial score (nSPS) is 19.1. The molecule has 1 fully saturated rings. The predicted octanol–water partition coefficient (Wildman–Crippen LogP) is 2.70. The molecule has 1 amide bonds. The van der Waals surface area contributed by atoms with Crippen LogP contribution in [-0.4, -0.2) is 46.4 Å². The Labute approximate surface area is 144 Å². The Balaban J connectivity index is 2.03. The molecule has 1 atom stereocenters. The SMILES string of the molecule is N#C[C@@H]1CC(F)(F)CN1C(=O)CCC(=O)c1ccncc1OC(F)(F)F. The van der Waals surface area contributed by atoms with Crippen LogP contribution in [0, 0.1) is 11.3 Å². The van der Waals surface area contributed by atoms with E-state index in [1.807, 2.05) is 0 Å². The first kappa shape index (κ1) is 19.6. The Morgan fingerprint density at radius 3 is 2.69 bits per heavy atom. The van der Waals surface area contributed by atoms with Gasteiger partial charge in [-0.05, 0) is 6.07 Å². The smallest absolute Gasteiger partial charge is 0.403 e. The number of aromatic nitrogens is 1. The maximum atomic E-state index is 13.3. The molecule has 0 N–H and O–H groups in total. The van der Waals surface area contributed by atoms with E-state index < -0.39 is 67.1 Å². The second-order valence-electron chi connectivity index (χ2n) is 5.57. The van der Waals surface area contributed by atoms with Crippen molar-refractivity contribution >= 4 is 11.7 Å². The molecule has 2 rings (SSSR count). The average Bonchev–Trinajstić information content (AvgIpc) is 2.86. The number of hydrogen-bond acceptors (Lipinski definition) is 5. The average molecular weight is 377 g/mol. The van der Waals surface area contributed by atoms with Gasteiger partial charge in [0.25, 0.3) is 5.92 Å². The van der Waals surface area contributed by atoms with Crippen LogP contribution in [0.4, 0.5) is 22.0 Å². The van der Waals surface area contributed by atoms with Crippen LogP contribution >= 0.6 is 0 Å². The van der Waals surface area contributed by atoms with Crippen LogP contribution in [0.2, 0.25) is 0 Å². The number of halogens is 5. The van der Waals surface area contributed by atoms with Gasteiger partial charge in [-0.25, -0.2) is 8.78 Å². The fourth-order valence-corrected chi connectivity index (χ4v) is 2.51. The van der Waals surface area contributed by atoms with E-state index in [4.69, 9.17) is 5.26 Å². The zero-order valence-electron chi connectivity index (χ0n) is 13.1. The van der Waals surface area contributed by atoms with Gasteiger partial charge in [0.1, 0.15) is 6.04 Å². The molecule has 26 heavy (non-hydrogen) atoms. The number of nitriles is 1. The molecule has 2 heterocycles. The van der Waals surface area contributed by atoms with Gasteiger partial charge in [0, 0.05) is 25.5 Å². The zero-order chi connectivity index (χ0) is 19.5.